The maximum atomic E-state index is 9.22. The number of aliphatic imine (C=N–C) groups is 1. The summed E-state index contributed by atoms with van der Waals surface area (Å²) in [5.74, 6) is 1.59. The van der Waals surface area contributed by atoms with Crippen molar-refractivity contribution in [3.05, 3.63) is 0 Å². The average Bonchev–Trinajstić information content (AvgIpc) is 3.21. The number of hydrogen-bond acceptors (Lipinski definition) is 4. The fourth-order valence-corrected chi connectivity index (χ4v) is 2.58. The van der Waals surface area contributed by atoms with E-state index in [2.05, 4.69) is 15.6 Å². The molecule has 1 aliphatic heterocycles. The highest BCUT2D eigenvalue weighted by Gasteiger charge is 2.34. The first kappa shape index (κ1) is 19.9. The van der Waals surface area contributed by atoms with E-state index < -0.39 is 0 Å². The van der Waals surface area contributed by atoms with Crippen LogP contribution >= 0.6 is 24.0 Å². The summed E-state index contributed by atoms with van der Waals surface area (Å²) in [6, 6.07) is 0. The van der Waals surface area contributed by atoms with Gasteiger partial charge in [-0.25, -0.2) is 0 Å². The summed E-state index contributed by atoms with van der Waals surface area (Å²) in [6.07, 6.45) is 4.40. The van der Waals surface area contributed by atoms with Crippen molar-refractivity contribution in [2.75, 3.05) is 53.2 Å². The first-order valence-electron chi connectivity index (χ1n) is 7.99. The van der Waals surface area contributed by atoms with Gasteiger partial charge in [0, 0.05) is 45.4 Å². The fraction of sp³-hybridized carbons (Fsp3) is 0.933. The normalized spacial score (nSPS) is 24.9. The zero-order chi connectivity index (χ0) is 15.0. The van der Waals surface area contributed by atoms with Gasteiger partial charge in [-0.15, -0.1) is 24.0 Å². The monoisotopic (exact) mass is 427 g/mol. The lowest BCUT2D eigenvalue weighted by molar-refractivity contribution is 0.126. The molecule has 130 valence electrons. The molecular weight excluding hydrogens is 397 g/mol. The van der Waals surface area contributed by atoms with E-state index in [-0.39, 0.29) is 36.0 Å². The molecule has 2 fully saturated rings. The minimum atomic E-state index is 0. The van der Waals surface area contributed by atoms with E-state index in [4.69, 9.17) is 9.47 Å². The summed E-state index contributed by atoms with van der Waals surface area (Å²) in [6.45, 7) is 4.83. The summed E-state index contributed by atoms with van der Waals surface area (Å²) in [5, 5.41) is 15.8. The van der Waals surface area contributed by atoms with Crippen LogP contribution in [0.3, 0.4) is 0 Å². The number of aliphatic hydroxyl groups excluding tert-OH is 1. The van der Waals surface area contributed by atoms with Gasteiger partial charge < -0.3 is 25.2 Å². The fourth-order valence-electron chi connectivity index (χ4n) is 2.58. The van der Waals surface area contributed by atoms with E-state index in [1.807, 2.05) is 0 Å². The quantitative estimate of drug-likeness (QED) is 0.222. The molecule has 1 saturated carbocycles. The summed E-state index contributed by atoms with van der Waals surface area (Å²) < 4.78 is 11.1. The molecule has 22 heavy (non-hydrogen) atoms. The van der Waals surface area contributed by atoms with Crippen molar-refractivity contribution < 1.29 is 14.6 Å². The topological polar surface area (TPSA) is 75.1 Å². The number of halogens is 1. The number of hydrogen-bond donors (Lipinski definition) is 3. The van der Waals surface area contributed by atoms with Gasteiger partial charge in [0.15, 0.2) is 5.96 Å². The van der Waals surface area contributed by atoms with E-state index >= 15 is 0 Å². The predicted octanol–water partition coefficient (Wildman–Crippen LogP) is 0.985. The molecule has 1 saturated heterocycles. The number of ether oxygens (including phenoxy) is 2. The lowest BCUT2D eigenvalue weighted by Crippen LogP contribution is -2.45. The van der Waals surface area contributed by atoms with Crippen LogP contribution in [0, 0.1) is 11.3 Å². The zero-order valence-corrected chi connectivity index (χ0v) is 15.8. The number of nitrogens with one attached hydrogen (secondary N) is 2. The molecule has 0 bridgehead atoms. The van der Waals surface area contributed by atoms with E-state index in [0.29, 0.717) is 13.2 Å². The van der Waals surface area contributed by atoms with Crippen LogP contribution in [0.4, 0.5) is 0 Å². The molecule has 7 heteroatoms. The van der Waals surface area contributed by atoms with Crippen LogP contribution in [0.25, 0.3) is 0 Å². The minimum absolute atomic E-state index is 0. The SMILES string of the molecule is CN=C(NCCOCC1CC1)NCC1(CCO)CCOC1.I. The summed E-state index contributed by atoms with van der Waals surface area (Å²) in [5.41, 5.74) is 0.0366. The lowest BCUT2D eigenvalue weighted by Gasteiger charge is -2.27. The van der Waals surface area contributed by atoms with Crippen LogP contribution in [0.15, 0.2) is 4.99 Å². The second kappa shape index (κ2) is 10.6. The predicted molar refractivity (Wildman–Crippen MR) is 97.9 cm³/mol. The van der Waals surface area contributed by atoms with Crippen LogP contribution in [-0.2, 0) is 9.47 Å². The van der Waals surface area contributed by atoms with E-state index in [9.17, 15) is 5.11 Å². The molecular formula is C15H30IN3O3. The van der Waals surface area contributed by atoms with Gasteiger partial charge in [0.2, 0.25) is 0 Å². The van der Waals surface area contributed by atoms with Crippen molar-refractivity contribution >= 4 is 29.9 Å². The average molecular weight is 427 g/mol. The standard InChI is InChI=1S/C15H29N3O3.HI/c1-16-14(17-6-9-20-10-13-2-3-13)18-11-15(4-7-19)5-8-21-12-15;/h13,19H,2-12H2,1H3,(H2,16,17,18);1H. The smallest absolute Gasteiger partial charge is 0.191 e. The van der Waals surface area contributed by atoms with Gasteiger partial charge in [0.1, 0.15) is 0 Å². The van der Waals surface area contributed by atoms with Crippen molar-refractivity contribution in [2.45, 2.75) is 25.7 Å². The Kier molecular flexibility index (Phi) is 9.62. The van der Waals surface area contributed by atoms with Crippen molar-refractivity contribution in [1.82, 2.24) is 10.6 Å². The molecule has 2 aliphatic rings. The van der Waals surface area contributed by atoms with Gasteiger partial charge in [0.05, 0.1) is 13.2 Å². The van der Waals surface area contributed by atoms with Gasteiger partial charge >= 0.3 is 0 Å². The Morgan fingerprint density at radius 1 is 1.41 bits per heavy atom. The third-order valence-electron chi connectivity index (χ3n) is 4.27. The third-order valence-corrected chi connectivity index (χ3v) is 4.27. The van der Waals surface area contributed by atoms with Gasteiger partial charge in [-0.3, -0.25) is 4.99 Å². The van der Waals surface area contributed by atoms with Gasteiger partial charge in [-0.1, -0.05) is 0 Å². The van der Waals surface area contributed by atoms with Crippen molar-refractivity contribution in [3.8, 4) is 0 Å². The number of rotatable bonds is 9. The van der Waals surface area contributed by atoms with Crippen LogP contribution in [0.1, 0.15) is 25.7 Å². The summed E-state index contributed by atoms with van der Waals surface area (Å²) in [4.78, 5) is 4.22. The van der Waals surface area contributed by atoms with Gasteiger partial charge in [0.25, 0.3) is 0 Å². The van der Waals surface area contributed by atoms with Gasteiger partial charge in [-0.2, -0.15) is 0 Å². The Morgan fingerprint density at radius 3 is 2.82 bits per heavy atom. The number of guanidine groups is 1. The Labute approximate surface area is 150 Å². The zero-order valence-electron chi connectivity index (χ0n) is 13.5. The molecule has 1 heterocycles. The van der Waals surface area contributed by atoms with Crippen LogP contribution in [-0.4, -0.2) is 64.2 Å². The lowest BCUT2D eigenvalue weighted by atomic mass is 9.84. The van der Waals surface area contributed by atoms with E-state index in [0.717, 1.165) is 51.0 Å². The Bertz CT molecular complexity index is 332. The van der Waals surface area contributed by atoms with Gasteiger partial charge in [-0.05, 0) is 31.6 Å². The maximum absolute atomic E-state index is 9.22. The summed E-state index contributed by atoms with van der Waals surface area (Å²) in [7, 11) is 1.77. The Balaban J connectivity index is 0.00000242. The highest BCUT2D eigenvalue weighted by Crippen LogP contribution is 2.31. The molecule has 0 aromatic rings. The number of nitrogens with zero attached hydrogens (tertiary/aromatic N) is 1. The summed E-state index contributed by atoms with van der Waals surface area (Å²) >= 11 is 0. The molecule has 1 atom stereocenters. The first-order valence-corrected chi connectivity index (χ1v) is 7.99. The molecule has 1 unspecified atom stereocenters. The molecule has 1 aliphatic carbocycles. The second-order valence-electron chi connectivity index (χ2n) is 6.15. The molecule has 0 radical (unpaired) electrons. The third kappa shape index (κ3) is 6.97. The van der Waals surface area contributed by atoms with Crippen molar-refractivity contribution in [3.63, 3.8) is 0 Å². The molecule has 0 aromatic carbocycles. The highest BCUT2D eigenvalue weighted by atomic mass is 127. The molecule has 6 nitrogen and oxygen atoms in total. The maximum Gasteiger partial charge on any atom is 0.191 e. The first-order chi connectivity index (χ1) is 10.3. The molecule has 0 spiro atoms. The van der Waals surface area contributed by atoms with E-state index in [1.54, 1.807) is 7.05 Å². The van der Waals surface area contributed by atoms with Crippen molar-refractivity contribution in [2.24, 2.45) is 16.3 Å². The largest absolute Gasteiger partial charge is 0.396 e. The molecule has 2 rings (SSSR count). The molecule has 0 amide bonds. The van der Waals surface area contributed by atoms with Crippen LogP contribution in [0.2, 0.25) is 0 Å². The Hall–Kier alpha value is -0.120. The minimum Gasteiger partial charge on any atom is -0.396 e. The van der Waals surface area contributed by atoms with Crippen LogP contribution in [0.5, 0.6) is 0 Å². The number of aliphatic hydroxyl groups is 1. The molecule has 3 N–H and O–H groups in total. The van der Waals surface area contributed by atoms with E-state index in [1.165, 1.54) is 12.8 Å². The van der Waals surface area contributed by atoms with Crippen LogP contribution < -0.4 is 10.6 Å². The molecule has 0 aromatic heterocycles. The second-order valence-corrected chi connectivity index (χ2v) is 6.15. The highest BCUT2D eigenvalue weighted by molar-refractivity contribution is 14.0. The Morgan fingerprint density at radius 2 is 2.23 bits per heavy atom. The van der Waals surface area contributed by atoms with Crippen molar-refractivity contribution in [1.29, 1.82) is 0 Å².